The molecule has 0 bridgehead atoms. The zero-order valence-electron chi connectivity index (χ0n) is 17.5. The number of halogens is 1. The number of aryl methyl sites for hydroxylation is 2. The van der Waals surface area contributed by atoms with Gasteiger partial charge in [0.25, 0.3) is 0 Å². The largest absolute Gasteiger partial charge is 0.511 e. The van der Waals surface area contributed by atoms with Crippen molar-refractivity contribution in [2.45, 2.75) is 55.7 Å². The molecule has 8 nitrogen and oxygen atoms in total. The number of cyclic esters (lactones) is 1. The Balaban J connectivity index is 1.57. The number of ether oxygens (including phenoxy) is 2. The Labute approximate surface area is 189 Å². The van der Waals surface area contributed by atoms with Crippen LogP contribution >= 0.6 is 23.4 Å². The molecule has 0 spiro atoms. The van der Waals surface area contributed by atoms with Crippen molar-refractivity contribution in [3.05, 3.63) is 39.4 Å². The van der Waals surface area contributed by atoms with Gasteiger partial charge in [0.15, 0.2) is 0 Å². The molecule has 2 aliphatic rings. The summed E-state index contributed by atoms with van der Waals surface area (Å²) in [5.74, 6) is 0.371. The molecule has 1 saturated carbocycles. The number of benzene rings is 1. The fraction of sp³-hybridized carbons (Fsp3) is 0.524. The molecular weight excluding hydrogens is 440 g/mol. The van der Waals surface area contributed by atoms with Crippen LogP contribution in [0.2, 0.25) is 5.02 Å². The Morgan fingerprint density at radius 2 is 2.16 bits per heavy atom. The maximum atomic E-state index is 13.0. The second-order valence-electron chi connectivity index (χ2n) is 8.04. The summed E-state index contributed by atoms with van der Waals surface area (Å²) in [6, 6.07) is 5.69. The van der Waals surface area contributed by atoms with Gasteiger partial charge in [-0.1, -0.05) is 30.5 Å². The number of carbonyl (C=O) groups is 1. The van der Waals surface area contributed by atoms with Crippen molar-refractivity contribution in [3.8, 4) is 5.75 Å². The van der Waals surface area contributed by atoms with Crippen molar-refractivity contribution in [1.29, 1.82) is 0 Å². The number of tetrazole rings is 1. The number of carbonyl (C=O) groups excluding carboxylic acids is 1. The quantitative estimate of drug-likeness (QED) is 0.607. The summed E-state index contributed by atoms with van der Waals surface area (Å²) >= 11 is 7.31. The second-order valence-corrected chi connectivity index (χ2v) is 9.43. The molecule has 1 aromatic heterocycles. The molecule has 1 N–H and O–H groups in total. The molecule has 1 unspecified atom stereocenters. The zero-order chi connectivity index (χ0) is 22.0. The molecule has 2 aromatic rings. The number of thioether (sulfide) groups is 1. The van der Waals surface area contributed by atoms with Gasteiger partial charge in [0.1, 0.15) is 22.0 Å². The van der Waals surface area contributed by atoms with E-state index >= 15 is 0 Å². The van der Waals surface area contributed by atoms with Crippen LogP contribution in [0.4, 0.5) is 0 Å². The summed E-state index contributed by atoms with van der Waals surface area (Å²) in [6.45, 7) is 0. The number of esters is 1. The third kappa shape index (κ3) is 4.52. The van der Waals surface area contributed by atoms with E-state index in [1.54, 1.807) is 14.2 Å². The molecule has 4 rings (SSSR count). The van der Waals surface area contributed by atoms with E-state index in [1.165, 1.54) is 4.68 Å². The van der Waals surface area contributed by atoms with Gasteiger partial charge in [0.05, 0.1) is 12.1 Å². The van der Waals surface area contributed by atoms with Crippen molar-refractivity contribution in [3.63, 3.8) is 0 Å². The van der Waals surface area contributed by atoms with Crippen LogP contribution in [0.25, 0.3) is 0 Å². The van der Waals surface area contributed by atoms with Gasteiger partial charge in [0.2, 0.25) is 5.16 Å². The first-order valence-electron chi connectivity index (χ1n) is 10.3. The zero-order valence-corrected chi connectivity index (χ0v) is 19.1. The first kappa shape index (κ1) is 22.0. The monoisotopic (exact) mass is 464 g/mol. The smallest absolute Gasteiger partial charge is 0.349 e. The van der Waals surface area contributed by atoms with Crippen LogP contribution in [-0.2, 0) is 23.0 Å². The lowest BCUT2D eigenvalue weighted by molar-refractivity contribution is -0.166. The van der Waals surface area contributed by atoms with E-state index in [1.807, 2.05) is 18.2 Å². The Bertz CT molecular complexity index is 1010. The maximum Gasteiger partial charge on any atom is 0.349 e. The fourth-order valence-corrected chi connectivity index (χ4v) is 5.52. The number of rotatable bonds is 7. The highest BCUT2D eigenvalue weighted by molar-refractivity contribution is 8.03. The van der Waals surface area contributed by atoms with E-state index in [2.05, 4.69) is 15.5 Å². The van der Waals surface area contributed by atoms with Crippen LogP contribution in [0, 0.1) is 5.92 Å². The summed E-state index contributed by atoms with van der Waals surface area (Å²) in [5.41, 5.74) is 0.305. The third-order valence-corrected chi connectivity index (χ3v) is 7.57. The van der Waals surface area contributed by atoms with Crippen LogP contribution in [0.1, 0.15) is 44.1 Å². The number of hydrogen-bond acceptors (Lipinski definition) is 8. The van der Waals surface area contributed by atoms with E-state index in [0.29, 0.717) is 35.2 Å². The molecule has 1 fully saturated rings. The highest BCUT2D eigenvalue weighted by Gasteiger charge is 2.48. The molecule has 1 atom stereocenters. The van der Waals surface area contributed by atoms with Crippen LogP contribution < -0.4 is 4.74 Å². The number of methoxy groups -OCH3 is 1. The van der Waals surface area contributed by atoms with Gasteiger partial charge < -0.3 is 14.6 Å². The van der Waals surface area contributed by atoms with Crippen LogP contribution in [0.3, 0.4) is 0 Å². The molecule has 1 aliphatic carbocycles. The molecule has 2 heterocycles. The van der Waals surface area contributed by atoms with E-state index in [0.717, 1.165) is 43.0 Å². The summed E-state index contributed by atoms with van der Waals surface area (Å²) in [6.07, 6.45) is 5.76. The normalized spacial score (nSPS) is 22.1. The topological polar surface area (TPSA) is 99.4 Å². The molecule has 166 valence electrons. The second kappa shape index (κ2) is 9.08. The van der Waals surface area contributed by atoms with Crippen LogP contribution in [0.15, 0.2) is 34.0 Å². The molecule has 31 heavy (non-hydrogen) atoms. The molecule has 1 aliphatic heterocycles. The Hall–Kier alpha value is -2.26. The minimum absolute atomic E-state index is 0.0453. The molecule has 0 radical (unpaired) electrons. The highest BCUT2D eigenvalue weighted by Crippen LogP contribution is 2.47. The number of nitrogens with zero attached hydrogens (tertiary/aromatic N) is 4. The van der Waals surface area contributed by atoms with Gasteiger partial charge in [-0.3, -0.25) is 0 Å². The minimum atomic E-state index is -0.730. The number of aliphatic hydroxyl groups is 1. The molecule has 0 saturated heterocycles. The van der Waals surface area contributed by atoms with Gasteiger partial charge in [-0.15, -0.1) is 5.10 Å². The van der Waals surface area contributed by atoms with Gasteiger partial charge >= 0.3 is 5.97 Å². The van der Waals surface area contributed by atoms with E-state index in [9.17, 15) is 9.90 Å². The van der Waals surface area contributed by atoms with Gasteiger partial charge in [0, 0.05) is 13.5 Å². The lowest BCUT2D eigenvalue weighted by atomic mass is 9.77. The standard InChI is InChI=1S/C21H25ClN4O4S/c1-26-20(23-24-25-26)31-18-16(27)12-21(30-19(18)28,14-5-3-4-6-14)10-9-13-7-8-17(29-2)15(22)11-13/h7-8,11,14,27H,3-6,9-10,12H2,1-2H3. The van der Waals surface area contributed by atoms with Gasteiger partial charge in [-0.05, 0) is 71.5 Å². The SMILES string of the molecule is COc1ccc(CCC2(C3CCCC3)CC(O)=C(Sc3nnnn3C)C(=O)O2)cc1Cl. The first-order valence-corrected chi connectivity index (χ1v) is 11.5. The Kier molecular flexibility index (Phi) is 6.43. The molecule has 10 heteroatoms. The molecule has 0 amide bonds. The molecule has 1 aromatic carbocycles. The predicted octanol–water partition coefficient (Wildman–Crippen LogP) is 4.24. The lowest BCUT2D eigenvalue weighted by Crippen LogP contribution is -2.45. The van der Waals surface area contributed by atoms with Crippen LogP contribution in [-0.4, -0.2) is 44.0 Å². The van der Waals surface area contributed by atoms with E-state index < -0.39 is 11.6 Å². The van der Waals surface area contributed by atoms with Gasteiger partial charge in [-0.25, -0.2) is 9.48 Å². The third-order valence-electron chi connectivity index (χ3n) is 6.14. The fourth-order valence-electron chi connectivity index (χ4n) is 4.49. The van der Waals surface area contributed by atoms with Crippen molar-refractivity contribution >= 4 is 29.3 Å². The van der Waals surface area contributed by atoms with E-state index in [-0.39, 0.29) is 16.6 Å². The maximum absolute atomic E-state index is 13.0. The van der Waals surface area contributed by atoms with Crippen molar-refractivity contribution in [2.75, 3.05) is 7.11 Å². The van der Waals surface area contributed by atoms with Crippen LogP contribution in [0.5, 0.6) is 5.75 Å². The van der Waals surface area contributed by atoms with Crippen molar-refractivity contribution in [2.24, 2.45) is 13.0 Å². The summed E-state index contributed by atoms with van der Waals surface area (Å²) in [4.78, 5) is 13.1. The average molecular weight is 465 g/mol. The van der Waals surface area contributed by atoms with Crippen molar-refractivity contribution in [1.82, 2.24) is 20.2 Å². The predicted molar refractivity (Wildman–Crippen MR) is 116 cm³/mol. The molecular formula is C21H25ClN4O4S. The number of hydrogen-bond donors (Lipinski definition) is 1. The van der Waals surface area contributed by atoms with Crippen molar-refractivity contribution < 1.29 is 19.4 Å². The van der Waals surface area contributed by atoms with E-state index in [4.69, 9.17) is 21.1 Å². The number of aromatic nitrogens is 4. The lowest BCUT2D eigenvalue weighted by Gasteiger charge is -2.41. The Morgan fingerprint density at radius 1 is 1.39 bits per heavy atom. The summed E-state index contributed by atoms with van der Waals surface area (Å²) in [7, 11) is 3.26. The van der Waals surface area contributed by atoms with Gasteiger partial charge in [-0.2, -0.15) is 0 Å². The highest BCUT2D eigenvalue weighted by atomic mass is 35.5. The summed E-state index contributed by atoms with van der Waals surface area (Å²) < 4.78 is 12.8. The number of aliphatic hydroxyl groups excluding tert-OH is 1. The minimum Gasteiger partial charge on any atom is -0.511 e. The Morgan fingerprint density at radius 3 is 2.77 bits per heavy atom. The first-order chi connectivity index (χ1) is 14.9. The summed E-state index contributed by atoms with van der Waals surface area (Å²) in [5, 5.41) is 23.1. The average Bonchev–Trinajstić information content (AvgIpc) is 3.42.